The molecule has 0 spiro atoms. The third-order valence-electron chi connectivity index (χ3n) is 5.50. The van der Waals surface area contributed by atoms with Crippen LogP contribution in [-0.4, -0.2) is 40.5 Å². The molecule has 8 nitrogen and oxygen atoms in total. The van der Waals surface area contributed by atoms with Gasteiger partial charge in [0.05, 0.1) is 17.7 Å². The highest BCUT2D eigenvalue weighted by Gasteiger charge is 2.17. The Balaban J connectivity index is 1.34. The fourth-order valence-corrected chi connectivity index (χ4v) is 4.46. The zero-order chi connectivity index (χ0) is 23.3. The average molecular weight is 471 g/mol. The first-order chi connectivity index (χ1) is 16.7. The van der Waals surface area contributed by atoms with Gasteiger partial charge in [0.25, 0.3) is 0 Å². The van der Waals surface area contributed by atoms with Gasteiger partial charge in [-0.1, -0.05) is 55.9 Å². The van der Waals surface area contributed by atoms with Gasteiger partial charge in [0.15, 0.2) is 16.5 Å². The minimum atomic E-state index is 0.288. The summed E-state index contributed by atoms with van der Waals surface area (Å²) in [6, 6.07) is 14.4. The Kier molecular flexibility index (Phi) is 6.53. The maximum absolute atomic E-state index is 4.82. The Labute approximate surface area is 202 Å². The third kappa shape index (κ3) is 4.94. The zero-order valence-electron chi connectivity index (χ0n) is 19.1. The first-order valence-electron chi connectivity index (χ1n) is 11.3. The number of anilines is 1. The summed E-state index contributed by atoms with van der Waals surface area (Å²) in [6.45, 7) is 5.76. The number of aromatic amines is 1. The number of nitrogens with zero attached hydrogens (tertiary/aromatic N) is 6. The van der Waals surface area contributed by atoms with Crippen LogP contribution >= 0.6 is 11.8 Å². The normalized spacial score (nSPS) is 11.4. The Hall–Kier alpha value is -3.72. The van der Waals surface area contributed by atoms with Crippen molar-refractivity contribution in [2.45, 2.75) is 38.0 Å². The van der Waals surface area contributed by atoms with E-state index in [0.717, 1.165) is 56.8 Å². The van der Waals surface area contributed by atoms with Gasteiger partial charge in [-0.2, -0.15) is 5.10 Å². The minimum Gasteiger partial charge on any atom is -0.364 e. The van der Waals surface area contributed by atoms with Crippen LogP contribution in [0.3, 0.4) is 0 Å². The Morgan fingerprint density at radius 3 is 2.65 bits per heavy atom. The number of nitrogens with one attached hydrogen (secondary N) is 2. The number of rotatable bonds is 9. The van der Waals surface area contributed by atoms with Gasteiger partial charge < -0.3 is 9.88 Å². The van der Waals surface area contributed by atoms with E-state index in [4.69, 9.17) is 9.97 Å². The van der Waals surface area contributed by atoms with E-state index in [1.165, 1.54) is 0 Å². The molecule has 0 aliphatic rings. The van der Waals surface area contributed by atoms with Crippen molar-refractivity contribution in [2.24, 2.45) is 0 Å². The second kappa shape index (κ2) is 10.0. The van der Waals surface area contributed by atoms with Crippen LogP contribution in [0.15, 0.2) is 72.5 Å². The van der Waals surface area contributed by atoms with Crippen molar-refractivity contribution in [2.75, 3.05) is 11.1 Å². The van der Waals surface area contributed by atoms with Gasteiger partial charge in [0, 0.05) is 43.0 Å². The summed E-state index contributed by atoms with van der Waals surface area (Å²) in [5, 5.41) is 11.9. The van der Waals surface area contributed by atoms with Gasteiger partial charge in [-0.3, -0.25) is 10.1 Å². The quantitative estimate of drug-likeness (QED) is 0.227. The Morgan fingerprint density at radius 2 is 1.91 bits per heavy atom. The number of hydrogen-bond donors (Lipinski definition) is 2. The summed E-state index contributed by atoms with van der Waals surface area (Å²) < 4.78 is 2.05. The van der Waals surface area contributed by atoms with Crippen LogP contribution in [0.1, 0.15) is 31.0 Å². The number of aryl methyl sites for hydroxylation is 1. The van der Waals surface area contributed by atoms with Crippen molar-refractivity contribution in [3.8, 4) is 11.3 Å². The van der Waals surface area contributed by atoms with E-state index in [1.54, 1.807) is 18.0 Å². The number of hydrogen-bond acceptors (Lipinski definition) is 7. The largest absolute Gasteiger partial charge is 0.364 e. The second-order valence-corrected chi connectivity index (χ2v) is 9.32. The van der Waals surface area contributed by atoms with Crippen LogP contribution in [0.25, 0.3) is 22.3 Å². The smallest absolute Gasteiger partial charge is 0.190 e. The van der Waals surface area contributed by atoms with E-state index in [1.807, 2.05) is 36.9 Å². The molecule has 0 fully saturated rings. The summed E-state index contributed by atoms with van der Waals surface area (Å²) in [5.74, 6) is 1.88. The molecule has 0 aliphatic carbocycles. The van der Waals surface area contributed by atoms with Crippen molar-refractivity contribution in [1.82, 2.24) is 34.7 Å². The lowest BCUT2D eigenvalue weighted by atomic mass is 10.1. The average Bonchev–Trinajstić information content (AvgIpc) is 3.54. The molecule has 1 aromatic carbocycles. The lowest BCUT2D eigenvalue weighted by molar-refractivity contribution is 0.768. The van der Waals surface area contributed by atoms with Crippen molar-refractivity contribution in [3.63, 3.8) is 0 Å². The molecule has 34 heavy (non-hydrogen) atoms. The molecule has 5 rings (SSSR count). The standard InChI is InChI=1S/C25H26N8S/c1-17(2)21-22-23(32-31-21)24(30-25(29-22)34-14-13-33-12-11-26-16-33)28-15-18-6-8-19(9-7-18)20-5-3-4-10-27-20/h3-12,16-17H,13-15H2,1-2H3,(H,31,32)(H,28,29,30). The molecule has 0 saturated heterocycles. The van der Waals surface area contributed by atoms with E-state index in [9.17, 15) is 0 Å². The van der Waals surface area contributed by atoms with E-state index in [-0.39, 0.29) is 5.92 Å². The molecule has 9 heteroatoms. The van der Waals surface area contributed by atoms with Crippen molar-refractivity contribution in [3.05, 3.63) is 78.6 Å². The highest BCUT2D eigenvalue weighted by Crippen LogP contribution is 2.28. The topological polar surface area (TPSA) is 97.2 Å². The number of benzene rings is 1. The number of H-pyrrole nitrogens is 1. The minimum absolute atomic E-state index is 0.288. The molecule has 172 valence electrons. The summed E-state index contributed by atoms with van der Waals surface area (Å²) in [7, 11) is 0. The molecule has 0 bridgehead atoms. The lowest BCUT2D eigenvalue weighted by Gasteiger charge is -2.10. The number of fused-ring (bicyclic) bond motifs is 1. The summed E-state index contributed by atoms with van der Waals surface area (Å²) in [6.07, 6.45) is 7.39. The predicted molar refractivity (Wildman–Crippen MR) is 136 cm³/mol. The summed E-state index contributed by atoms with van der Waals surface area (Å²) >= 11 is 1.63. The highest BCUT2D eigenvalue weighted by molar-refractivity contribution is 7.99. The molecule has 0 radical (unpaired) electrons. The van der Waals surface area contributed by atoms with Crippen molar-refractivity contribution < 1.29 is 0 Å². The first-order valence-corrected chi connectivity index (χ1v) is 12.2. The van der Waals surface area contributed by atoms with Crippen LogP contribution in [0.2, 0.25) is 0 Å². The Morgan fingerprint density at radius 1 is 1.03 bits per heavy atom. The molecular weight excluding hydrogens is 444 g/mol. The van der Waals surface area contributed by atoms with Crippen LogP contribution in [0, 0.1) is 0 Å². The van der Waals surface area contributed by atoms with E-state index in [0.29, 0.717) is 6.54 Å². The monoisotopic (exact) mass is 470 g/mol. The number of pyridine rings is 1. The number of thioether (sulfide) groups is 1. The molecule has 0 aliphatic heterocycles. The van der Waals surface area contributed by atoms with Crippen molar-refractivity contribution >= 4 is 28.6 Å². The predicted octanol–water partition coefficient (Wildman–Crippen LogP) is 5.14. The molecule has 5 aromatic rings. The maximum atomic E-state index is 4.82. The molecule has 2 N–H and O–H groups in total. The van der Waals surface area contributed by atoms with Crippen LogP contribution < -0.4 is 5.32 Å². The van der Waals surface area contributed by atoms with Gasteiger partial charge in [-0.05, 0) is 23.6 Å². The number of aromatic nitrogens is 7. The van der Waals surface area contributed by atoms with Gasteiger partial charge in [-0.15, -0.1) is 0 Å². The fraction of sp³-hybridized carbons (Fsp3) is 0.240. The van der Waals surface area contributed by atoms with Crippen LogP contribution in [0.4, 0.5) is 5.82 Å². The molecular formula is C25H26N8S. The molecule has 0 unspecified atom stereocenters. The maximum Gasteiger partial charge on any atom is 0.190 e. The van der Waals surface area contributed by atoms with Gasteiger partial charge >= 0.3 is 0 Å². The number of imidazole rings is 1. The molecule has 0 atom stereocenters. The highest BCUT2D eigenvalue weighted by atomic mass is 32.2. The van der Waals surface area contributed by atoms with Crippen LogP contribution in [-0.2, 0) is 13.1 Å². The van der Waals surface area contributed by atoms with Gasteiger partial charge in [0.2, 0.25) is 0 Å². The molecule has 0 saturated carbocycles. The van der Waals surface area contributed by atoms with E-state index >= 15 is 0 Å². The first kappa shape index (κ1) is 22.1. The van der Waals surface area contributed by atoms with E-state index in [2.05, 4.69) is 68.2 Å². The fourth-order valence-electron chi connectivity index (χ4n) is 3.66. The molecule has 0 amide bonds. The SMILES string of the molecule is CC(C)c1[nH]nc2c(NCc3ccc(-c4ccccn4)cc3)nc(SCCn3ccnc3)nc12. The van der Waals surface area contributed by atoms with Gasteiger partial charge in [0.1, 0.15) is 5.52 Å². The zero-order valence-corrected chi connectivity index (χ0v) is 20.0. The van der Waals surface area contributed by atoms with Crippen LogP contribution in [0.5, 0.6) is 0 Å². The second-order valence-electron chi connectivity index (χ2n) is 8.26. The third-order valence-corrected chi connectivity index (χ3v) is 6.33. The Bertz CT molecular complexity index is 1350. The summed E-state index contributed by atoms with van der Waals surface area (Å²) in [4.78, 5) is 18.1. The summed E-state index contributed by atoms with van der Waals surface area (Å²) in [5.41, 5.74) is 5.89. The van der Waals surface area contributed by atoms with Crippen molar-refractivity contribution in [1.29, 1.82) is 0 Å². The molecule has 4 heterocycles. The lowest BCUT2D eigenvalue weighted by Crippen LogP contribution is -2.05. The molecule has 4 aromatic heterocycles. The van der Waals surface area contributed by atoms with Gasteiger partial charge in [-0.25, -0.2) is 15.0 Å². The van der Waals surface area contributed by atoms with E-state index < -0.39 is 0 Å².